The molecule has 2 aliphatic rings. The third-order valence-corrected chi connectivity index (χ3v) is 7.18. The summed E-state index contributed by atoms with van der Waals surface area (Å²) in [4.78, 5) is 27.4. The van der Waals surface area contributed by atoms with Crippen molar-refractivity contribution >= 4 is 23.0 Å². The first-order chi connectivity index (χ1) is 18.3. The Labute approximate surface area is 219 Å². The SMILES string of the molecule is CC#CC(=O)N1CC(F)(C(=O)N2CCC(n3nnc(-c4cc(NCC)c5c(C#N)cnn5c4)c3C)CC2)C1. The van der Waals surface area contributed by atoms with Gasteiger partial charge in [0.15, 0.2) is 0 Å². The molecule has 0 atom stereocenters. The number of hydrogen-bond acceptors (Lipinski definition) is 7. The predicted octanol–water partition coefficient (Wildman–Crippen LogP) is 1.94. The second-order valence-electron chi connectivity index (χ2n) is 9.63. The number of pyridine rings is 1. The highest BCUT2D eigenvalue weighted by molar-refractivity contribution is 5.97. The number of carbonyl (C=O) groups excluding carboxylic acids is 2. The number of carbonyl (C=O) groups is 2. The van der Waals surface area contributed by atoms with Gasteiger partial charge in [-0.3, -0.25) is 9.59 Å². The lowest BCUT2D eigenvalue weighted by Gasteiger charge is -2.45. The normalized spacial score (nSPS) is 16.9. The molecule has 0 radical (unpaired) electrons. The first-order valence-corrected chi connectivity index (χ1v) is 12.6. The van der Waals surface area contributed by atoms with E-state index in [4.69, 9.17) is 0 Å². The van der Waals surface area contributed by atoms with Crippen molar-refractivity contribution in [2.75, 3.05) is 38.0 Å². The summed E-state index contributed by atoms with van der Waals surface area (Å²) < 4.78 is 18.7. The Morgan fingerprint density at radius 1 is 1.26 bits per heavy atom. The fraction of sp³-hybridized carbons (Fsp3) is 0.462. The lowest BCUT2D eigenvalue weighted by Crippen LogP contribution is -2.68. The van der Waals surface area contributed by atoms with Crippen LogP contribution in [0.4, 0.5) is 10.1 Å². The molecule has 3 aromatic rings. The molecule has 38 heavy (non-hydrogen) atoms. The van der Waals surface area contributed by atoms with Gasteiger partial charge in [0.1, 0.15) is 17.3 Å². The molecule has 2 amide bonds. The van der Waals surface area contributed by atoms with Crippen LogP contribution in [0, 0.1) is 30.1 Å². The Kier molecular flexibility index (Phi) is 6.49. The molecular formula is C26H28FN9O2. The van der Waals surface area contributed by atoms with Gasteiger partial charge in [-0.2, -0.15) is 10.4 Å². The molecule has 5 rings (SSSR count). The van der Waals surface area contributed by atoms with Crippen molar-refractivity contribution in [3.05, 3.63) is 29.7 Å². The van der Waals surface area contributed by atoms with Crippen LogP contribution in [0.2, 0.25) is 0 Å². The van der Waals surface area contributed by atoms with Crippen LogP contribution in [0.5, 0.6) is 0 Å². The monoisotopic (exact) mass is 517 g/mol. The van der Waals surface area contributed by atoms with Crippen LogP contribution in [0.25, 0.3) is 16.8 Å². The number of rotatable bonds is 5. The summed E-state index contributed by atoms with van der Waals surface area (Å²) >= 11 is 0. The van der Waals surface area contributed by atoms with Crippen molar-refractivity contribution in [1.29, 1.82) is 5.26 Å². The summed E-state index contributed by atoms with van der Waals surface area (Å²) in [7, 11) is 0. The maximum atomic E-state index is 15.1. The van der Waals surface area contributed by atoms with Crippen molar-refractivity contribution < 1.29 is 14.0 Å². The molecular weight excluding hydrogens is 489 g/mol. The van der Waals surface area contributed by atoms with Gasteiger partial charge < -0.3 is 15.1 Å². The van der Waals surface area contributed by atoms with Crippen molar-refractivity contribution in [3.63, 3.8) is 0 Å². The molecule has 0 bridgehead atoms. The van der Waals surface area contributed by atoms with Crippen molar-refractivity contribution in [2.24, 2.45) is 0 Å². The Morgan fingerprint density at radius 3 is 2.66 bits per heavy atom. The molecule has 2 saturated heterocycles. The fourth-order valence-electron chi connectivity index (χ4n) is 5.23. The van der Waals surface area contributed by atoms with Crippen LogP contribution in [0.3, 0.4) is 0 Å². The van der Waals surface area contributed by atoms with E-state index < -0.39 is 17.5 Å². The minimum Gasteiger partial charge on any atom is -0.384 e. The second kappa shape index (κ2) is 9.78. The number of alkyl halides is 1. The van der Waals surface area contributed by atoms with Gasteiger partial charge in [0.2, 0.25) is 5.67 Å². The molecule has 0 spiro atoms. The zero-order valence-corrected chi connectivity index (χ0v) is 21.5. The molecule has 0 aromatic carbocycles. The maximum absolute atomic E-state index is 15.1. The Bertz CT molecular complexity index is 1510. The molecule has 0 saturated carbocycles. The molecule has 1 N–H and O–H groups in total. The first kappa shape index (κ1) is 25.2. The molecule has 11 nitrogen and oxygen atoms in total. The fourth-order valence-corrected chi connectivity index (χ4v) is 5.23. The summed E-state index contributed by atoms with van der Waals surface area (Å²) in [5.74, 6) is 3.85. The van der Waals surface area contributed by atoms with Gasteiger partial charge in [-0.15, -0.1) is 5.10 Å². The van der Waals surface area contributed by atoms with Gasteiger partial charge in [-0.05, 0) is 45.6 Å². The van der Waals surface area contributed by atoms with Crippen molar-refractivity contribution in [3.8, 4) is 29.2 Å². The summed E-state index contributed by atoms with van der Waals surface area (Å²) in [5, 5.41) is 25.9. The number of nitrogens with zero attached hydrogens (tertiary/aromatic N) is 8. The van der Waals surface area contributed by atoms with E-state index in [1.165, 1.54) is 9.80 Å². The molecule has 2 fully saturated rings. The third kappa shape index (κ3) is 4.22. The van der Waals surface area contributed by atoms with Crippen LogP contribution in [-0.4, -0.2) is 84.6 Å². The highest BCUT2D eigenvalue weighted by atomic mass is 19.1. The molecule has 196 valence electrons. The molecule has 0 aliphatic carbocycles. The highest BCUT2D eigenvalue weighted by Crippen LogP contribution is 2.33. The zero-order valence-electron chi connectivity index (χ0n) is 21.5. The van der Waals surface area contributed by atoms with Crippen LogP contribution >= 0.6 is 0 Å². The molecule has 3 aromatic heterocycles. The third-order valence-electron chi connectivity index (χ3n) is 7.18. The second-order valence-corrected chi connectivity index (χ2v) is 9.63. The number of aromatic nitrogens is 5. The van der Waals surface area contributed by atoms with E-state index in [1.54, 1.807) is 17.6 Å². The first-order valence-electron chi connectivity index (χ1n) is 12.6. The Hall–Kier alpha value is -4.45. The van der Waals surface area contributed by atoms with Gasteiger partial charge in [-0.25, -0.2) is 13.6 Å². The number of anilines is 1. The number of fused-ring (bicyclic) bond motifs is 1. The van der Waals surface area contributed by atoms with E-state index in [9.17, 15) is 14.9 Å². The molecule has 12 heteroatoms. The molecule has 0 unspecified atom stereocenters. The van der Waals surface area contributed by atoms with Crippen LogP contribution in [0.1, 0.15) is 44.0 Å². The van der Waals surface area contributed by atoms with Crippen molar-refractivity contribution in [1.82, 2.24) is 34.4 Å². The number of piperidine rings is 1. The number of nitrogens with one attached hydrogen (secondary N) is 1. The van der Waals surface area contributed by atoms with Crippen molar-refractivity contribution in [2.45, 2.75) is 45.3 Å². The van der Waals surface area contributed by atoms with Gasteiger partial charge >= 0.3 is 0 Å². The lowest BCUT2D eigenvalue weighted by atomic mass is 9.92. The van der Waals surface area contributed by atoms with Crippen LogP contribution in [-0.2, 0) is 9.59 Å². The smallest absolute Gasteiger partial charge is 0.298 e. The predicted molar refractivity (Wildman–Crippen MR) is 137 cm³/mol. The van der Waals surface area contributed by atoms with Gasteiger partial charge in [0.05, 0.1) is 42.3 Å². The van der Waals surface area contributed by atoms with Gasteiger partial charge in [0.25, 0.3) is 11.8 Å². The number of likely N-dealkylation sites (tertiary alicyclic amines) is 2. The van der Waals surface area contributed by atoms with Crippen LogP contribution in [0.15, 0.2) is 18.5 Å². The summed E-state index contributed by atoms with van der Waals surface area (Å²) in [6.07, 6.45) is 4.60. The van der Waals surface area contributed by atoms with E-state index in [0.29, 0.717) is 49.2 Å². The number of nitriles is 1. The number of hydrogen-bond donors (Lipinski definition) is 1. The highest BCUT2D eigenvalue weighted by Gasteiger charge is 2.53. The maximum Gasteiger partial charge on any atom is 0.298 e. The topological polar surface area (TPSA) is 124 Å². The van der Waals surface area contributed by atoms with Gasteiger partial charge in [0, 0.05) is 31.4 Å². The van der Waals surface area contributed by atoms with Crippen LogP contribution < -0.4 is 5.32 Å². The van der Waals surface area contributed by atoms with E-state index >= 15 is 4.39 Å². The van der Waals surface area contributed by atoms with E-state index in [-0.39, 0.29) is 19.1 Å². The van der Waals surface area contributed by atoms with Gasteiger partial charge in [-0.1, -0.05) is 11.1 Å². The standard InChI is InChI=1S/C26H28FN9O2/c1-4-6-22(37)34-15-26(27,16-34)25(38)33-9-7-20(8-10-33)36-17(3)23(31-32-36)18-11-21(29-5-2)24-19(12-28)13-30-35(24)14-18/h11,13-14,20,29H,5,7-10,15-16H2,1-3H3. The van der Waals surface area contributed by atoms with E-state index in [2.05, 4.69) is 38.6 Å². The minimum atomic E-state index is -2.05. The quantitative estimate of drug-likeness (QED) is 0.513. The molecule has 5 heterocycles. The number of amides is 2. The Morgan fingerprint density at radius 2 is 2.00 bits per heavy atom. The minimum absolute atomic E-state index is 0.0158. The Balaban J connectivity index is 1.29. The average Bonchev–Trinajstić information content (AvgIpc) is 3.50. The van der Waals surface area contributed by atoms with E-state index in [1.807, 2.05) is 30.8 Å². The summed E-state index contributed by atoms with van der Waals surface area (Å²) in [5.41, 5.74) is 2.33. The largest absolute Gasteiger partial charge is 0.384 e. The average molecular weight is 518 g/mol. The summed E-state index contributed by atoms with van der Waals surface area (Å²) in [6.45, 7) is 6.44. The van der Waals surface area contributed by atoms with E-state index in [0.717, 1.165) is 16.9 Å². The lowest BCUT2D eigenvalue weighted by molar-refractivity contribution is -0.162. The number of halogens is 1. The summed E-state index contributed by atoms with van der Waals surface area (Å²) in [6, 6.07) is 4.14. The molecule has 2 aliphatic heterocycles. The zero-order chi connectivity index (χ0) is 27.0.